The van der Waals surface area contributed by atoms with Gasteiger partial charge in [0.2, 0.25) is 5.91 Å². The van der Waals surface area contributed by atoms with E-state index >= 15 is 0 Å². The Morgan fingerprint density at radius 3 is 2.26 bits per heavy atom. The maximum atomic E-state index is 13.5. The van der Waals surface area contributed by atoms with Crippen LogP contribution in [0, 0.1) is 0 Å². The molecule has 5 rings (SSSR count). The molecule has 0 spiro atoms. The highest BCUT2D eigenvalue weighted by atomic mass is 16.2. The number of hydrogen-bond donors (Lipinski definition) is 0. The number of para-hydroxylation sites is 2. The van der Waals surface area contributed by atoms with Crippen LogP contribution >= 0.6 is 0 Å². The van der Waals surface area contributed by atoms with Crippen LogP contribution in [0.5, 0.6) is 0 Å². The van der Waals surface area contributed by atoms with E-state index in [9.17, 15) is 9.59 Å². The third kappa shape index (κ3) is 4.17. The minimum atomic E-state index is -0.0518. The average Bonchev–Trinajstić information content (AvgIpc) is 3.43. The monoisotopic (exact) mass is 454 g/mol. The van der Waals surface area contributed by atoms with Crippen molar-refractivity contribution in [2.45, 2.75) is 31.8 Å². The second-order valence-electron chi connectivity index (χ2n) is 9.53. The molecular formula is C29H32N3O2+. The highest BCUT2D eigenvalue weighted by Crippen LogP contribution is 2.40. The van der Waals surface area contributed by atoms with E-state index in [0.29, 0.717) is 19.4 Å². The first kappa shape index (κ1) is 22.5. The topological polar surface area (TPSA) is 40.6 Å². The minimum Gasteiger partial charge on any atom is -0.300 e. The Kier molecular flexibility index (Phi) is 6.31. The zero-order valence-corrected chi connectivity index (χ0v) is 19.8. The molecule has 2 unspecified atom stereocenters. The number of nitrogens with zero attached hydrogens (tertiary/aromatic N) is 3. The standard InChI is InChI=1S/C29H32N3O2/c1-32(22-33)27-12-6-5-11-26(27)31(21-28(32)30-19-7-8-20-30)29(34)18-15-23-13-16-25(17-14-23)24-9-3-2-4-10-24/h2-6,9-14,16-17,22,28H,7-8,15,18-21H2,1H3/q+1. The van der Waals surface area contributed by atoms with Crippen molar-refractivity contribution in [1.82, 2.24) is 9.38 Å². The highest BCUT2D eigenvalue weighted by Gasteiger charge is 2.48. The molecule has 0 aromatic heterocycles. The number of anilines is 1. The SMILES string of the molecule is C[N+]1(C=O)c2ccccc2N(C(=O)CCc2ccc(-c3ccccc3)cc2)CC1N1CCCC1. The Morgan fingerprint density at radius 1 is 0.912 bits per heavy atom. The number of benzene rings is 3. The van der Waals surface area contributed by atoms with Crippen molar-refractivity contribution in [3.8, 4) is 11.1 Å². The minimum absolute atomic E-state index is 0.0518. The molecule has 2 amide bonds. The van der Waals surface area contributed by atoms with E-state index in [4.69, 9.17) is 0 Å². The normalized spacial score (nSPS) is 22.4. The van der Waals surface area contributed by atoms with Crippen LogP contribution in [0.4, 0.5) is 11.4 Å². The molecule has 34 heavy (non-hydrogen) atoms. The smallest absolute Gasteiger partial charge is 0.300 e. The lowest BCUT2D eigenvalue weighted by molar-refractivity contribution is -0.124. The first-order valence-corrected chi connectivity index (χ1v) is 12.2. The molecule has 2 aliphatic heterocycles. The third-order valence-corrected chi connectivity index (χ3v) is 7.43. The molecule has 0 aliphatic carbocycles. The number of carbonyl (C=O) groups is 2. The van der Waals surface area contributed by atoms with Gasteiger partial charge in [-0.3, -0.25) is 14.6 Å². The second kappa shape index (κ2) is 9.53. The van der Waals surface area contributed by atoms with E-state index in [1.54, 1.807) is 0 Å². The molecule has 2 atom stereocenters. The molecule has 3 aromatic carbocycles. The van der Waals surface area contributed by atoms with Crippen LogP contribution in [0.15, 0.2) is 78.9 Å². The summed E-state index contributed by atoms with van der Waals surface area (Å²) in [6.07, 6.45) is 4.41. The van der Waals surface area contributed by atoms with Crippen LogP contribution < -0.4 is 9.38 Å². The number of fused-ring (bicyclic) bond motifs is 1. The summed E-state index contributed by atoms with van der Waals surface area (Å²) in [4.78, 5) is 30.2. The van der Waals surface area contributed by atoms with E-state index in [-0.39, 0.29) is 16.6 Å². The number of quaternary nitrogens is 1. The van der Waals surface area contributed by atoms with Gasteiger partial charge in [-0.1, -0.05) is 66.7 Å². The zero-order valence-electron chi connectivity index (χ0n) is 19.8. The first-order chi connectivity index (χ1) is 16.6. The lowest BCUT2D eigenvalue weighted by atomic mass is 10.0. The number of hydrogen-bond acceptors (Lipinski definition) is 3. The lowest BCUT2D eigenvalue weighted by Gasteiger charge is -2.47. The van der Waals surface area contributed by atoms with Gasteiger partial charge in [-0.25, -0.2) is 9.28 Å². The molecule has 174 valence electrons. The van der Waals surface area contributed by atoms with Crippen LogP contribution in [0.25, 0.3) is 11.1 Å². The fraction of sp³-hybridized carbons (Fsp3) is 0.310. The molecule has 2 heterocycles. The summed E-state index contributed by atoms with van der Waals surface area (Å²) in [7, 11) is 1.98. The summed E-state index contributed by atoms with van der Waals surface area (Å²) in [6.45, 7) is 2.49. The van der Waals surface area contributed by atoms with Crippen molar-refractivity contribution in [1.29, 1.82) is 0 Å². The van der Waals surface area contributed by atoms with Gasteiger partial charge in [-0.05, 0) is 42.0 Å². The fourth-order valence-corrected chi connectivity index (χ4v) is 5.43. The van der Waals surface area contributed by atoms with E-state index in [1.165, 1.54) is 11.1 Å². The van der Waals surface area contributed by atoms with Crippen molar-refractivity contribution in [2.75, 3.05) is 31.6 Å². The van der Waals surface area contributed by atoms with Crippen LogP contribution in [0.1, 0.15) is 24.8 Å². The molecule has 5 heteroatoms. The summed E-state index contributed by atoms with van der Waals surface area (Å²) in [5, 5.41) is 0. The van der Waals surface area contributed by atoms with Crippen LogP contribution in [-0.2, 0) is 16.0 Å². The average molecular weight is 455 g/mol. The van der Waals surface area contributed by atoms with E-state index in [2.05, 4.69) is 41.3 Å². The van der Waals surface area contributed by atoms with Crippen LogP contribution in [0.3, 0.4) is 0 Å². The van der Waals surface area contributed by atoms with Gasteiger partial charge in [0, 0.05) is 25.6 Å². The van der Waals surface area contributed by atoms with E-state index in [0.717, 1.165) is 49.3 Å². The van der Waals surface area contributed by atoms with E-state index < -0.39 is 0 Å². The molecule has 1 fully saturated rings. The molecule has 3 aromatic rings. The summed E-state index contributed by atoms with van der Waals surface area (Å²) in [6, 6.07) is 26.7. The van der Waals surface area contributed by atoms with E-state index in [1.807, 2.05) is 54.4 Å². The second-order valence-corrected chi connectivity index (χ2v) is 9.53. The Balaban J connectivity index is 1.34. The molecule has 0 N–H and O–H groups in total. The lowest BCUT2D eigenvalue weighted by Crippen LogP contribution is -2.67. The Hall–Kier alpha value is -3.28. The van der Waals surface area contributed by atoms with Crippen molar-refractivity contribution in [3.05, 3.63) is 84.4 Å². The van der Waals surface area contributed by atoms with Gasteiger partial charge in [0.25, 0.3) is 0 Å². The molecule has 5 nitrogen and oxygen atoms in total. The summed E-state index contributed by atoms with van der Waals surface area (Å²) < 4.78 is 0.195. The van der Waals surface area contributed by atoms with Crippen molar-refractivity contribution < 1.29 is 9.59 Å². The maximum absolute atomic E-state index is 13.5. The summed E-state index contributed by atoms with van der Waals surface area (Å²) in [5.41, 5.74) is 5.29. The quantitative estimate of drug-likeness (QED) is 0.395. The number of likely N-dealkylation sites (N-methyl/N-ethyl adjacent to an activating group) is 1. The molecule has 2 aliphatic rings. The van der Waals surface area contributed by atoms with Crippen LogP contribution in [-0.4, -0.2) is 50.1 Å². The number of amides is 2. The molecule has 0 radical (unpaired) electrons. The highest BCUT2D eigenvalue weighted by molar-refractivity contribution is 5.99. The van der Waals surface area contributed by atoms with Gasteiger partial charge < -0.3 is 0 Å². The Labute approximate surface area is 201 Å². The molecular weight excluding hydrogens is 422 g/mol. The predicted molar refractivity (Wildman–Crippen MR) is 137 cm³/mol. The van der Waals surface area contributed by atoms with Crippen molar-refractivity contribution in [3.63, 3.8) is 0 Å². The summed E-state index contributed by atoms with van der Waals surface area (Å²) >= 11 is 0. The number of carbonyl (C=O) groups excluding carboxylic acids is 2. The van der Waals surface area contributed by atoms with Gasteiger partial charge in [0.1, 0.15) is 5.69 Å². The van der Waals surface area contributed by atoms with Gasteiger partial charge in [0.15, 0.2) is 11.9 Å². The largest absolute Gasteiger partial charge is 0.307 e. The zero-order chi connectivity index (χ0) is 23.5. The Bertz CT molecular complexity index is 1160. The van der Waals surface area contributed by atoms with Crippen molar-refractivity contribution >= 4 is 23.7 Å². The molecule has 0 saturated carbocycles. The Morgan fingerprint density at radius 2 is 1.56 bits per heavy atom. The fourth-order valence-electron chi connectivity index (χ4n) is 5.43. The van der Waals surface area contributed by atoms with Gasteiger partial charge in [0.05, 0.1) is 13.6 Å². The predicted octanol–water partition coefficient (Wildman–Crippen LogP) is 4.85. The maximum Gasteiger partial charge on any atom is 0.307 e. The molecule has 1 saturated heterocycles. The van der Waals surface area contributed by atoms with Crippen molar-refractivity contribution in [2.24, 2.45) is 0 Å². The number of aryl methyl sites for hydroxylation is 1. The summed E-state index contributed by atoms with van der Waals surface area (Å²) in [5.74, 6) is 0.112. The van der Waals surface area contributed by atoms with Gasteiger partial charge >= 0.3 is 6.41 Å². The van der Waals surface area contributed by atoms with Gasteiger partial charge in [-0.15, -0.1) is 0 Å². The van der Waals surface area contributed by atoms with Crippen LogP contribution in [0.2, 0.25) is 0 Å². The first-order valence-electron chi connectivity index (χ1n) is 12.2. The molecule has 0 bridgehead atoms. The third-order valence-electron chi connectivity index (χ3n) is 7.43. The number of rotatable bonds is 6. The van der Waals surface area contributed by atoms with Gasteiger partial charge in [-0.2, -0.15) is 0 Å². The number of likely N-dealkylation sites (tertiary alicyclic amines) is 1.